The molecule has 4 nitrogen and oxygen atoms in total. The predicted octanol–water partition coefficient (Wildman–Crippen LogP) is 5.29. The van der Waals surface area contributed by atoms with E-state index in [4.69, 9.17) is 45.8 Å². The fourth-order valence-electron chi connectivity index (χ4n) is 1.81. The molecule has 2 N–H and O–H groups in total. The van der Waals surface area contributed by atoms with E-state index < -0.39 is 43.7 Å². The van der Waals surface area contributed by atoms with Crippen molar-refractivity contribution >= 4 is 52.4 Å². The number of alkyl halides is 6. The normalized spacial score (nSPS) is 12.3. The Hall–Kier alpha value is -1.41. The number of nitrogen functional groups attached to an aromatic ring is 1. The van der Waals surface area contributed by atoms with E-state index in [1.807, 2.05) is 0 Å². The molecule has 0 atom stereocenters. The summed E-state index contributed by atoms with van der Waals surface area (Å²) >= 11 is 16.2. The fourth-order valence-corrected chi connectivity index (χ4v) is 3.16. The van der Waals surface area contributed by atoms with Gasteiger partial charge in [-0.2, -0.15) is 27.9 Å². The minimum absolute atomic E-state index is 0.101. The van der Waals surface area contributed by atoms with Gasteiger partial charge in [0.2, 0.25) is 0 Å². The van der Waals surface area contributed by atoms with E-state index in [-0.39, 0.29) is 22.7 Å². The van der Waals surface area contributed by atoms with Gasteiger partial charge in [0.25, 0.3) is 0 Å². The largest absolute Gasteiger partial charge is 0.416 e. The van der Waals surface area contributed by atoms with Crippen LogP contribution in [0.3, 0.4) is 0 Å². The van der Waals surface area contributed by atoms with Crippen molar-refractivity contribution in [2.45, 2.75) is 15.0 Å². The zero-order chi connectivity index (χ0) is 19.2. The van der Waals surface area contributed by atoms with E-state index in [1.165, 1.54) is 0 Å². The molecule has 0 aliphatic rings. The monoisotopic (exact) mass is 436 g/mol. The van der Waals surface area contributed by atoms with Crippen LogP contribution >= 0.6 is 46.6 Å². The van der Waals surface area contributed by atoms with Crippen molar-refractivity contribution in [3.05, 3.63) is 34.2 Å². The van der Waals surface area contributed by atoms with Crippen LogP contribution in [-0.2, 0) is 6.18 Å². The van der Waals surface area contributed by atoms with Crippen LogP contribution in [0.2, 0.25) is 5.02 Å². The Balaban J connectivity index is 2.66. The number of nitrogens with two attached hydrogens (primary N) is 1. The molecule has 0 bridgehead atoms. The standard InChI is InChI=1S/C12H4Cl3F5N4S/c13-5-1-4(11(17,18)19)2-6(16)8(5)24-10(22)9(7(3-21)23-24)25-12(14,15)20/h1-2H,22H2. The van der Waals surface area contributed by atoms with Crippen LogP contribution in [0, 0.1) is 17.1 Å². The van der Waals surface area contributed by atoms with E-state index >= 15 is 0 Å². The number of nitrogens with zero attached hydrogens (tertiary/aromatic N) is 3. The number of benzene rings is 1. The number of rotatable bonds is 3. The van der Waals surface area contributed by atoms with Gasteiger partial charge in [-0.1, -0.05) is 34.8 Å². The second-order valence-electron chi connectivity index (χ2n) is 4.42. The first-order valence-corrected chi connectivity index (χ1v) is 7.91. The molecule has 0 radical (unpaired) electrons. The third kappa shape index (κ3) is 4.23. The van der Waals surface area contributed by atoms with Crippen LogP contribution in [0.5, 0.6) is 0 Å². The summed E-state index contributed by atoms with van der Waals surface area (Å²) in [4.78, 5) is -0.328. The van der Waals surface area contributed by atoms with E-state index in [0.717, 1.165) is 0 Å². The molecular weight excluding hydrogens is 434 g/mol. The molecule has 0 spiro atoms. The van der Waals surface area contributed by atoms with Crippen LogP contribution in [0.15, 0.2) is 17.0 Å². The average molecular weight is 438 g/mol. The molecule has 0 saturated carbocycles. The maximum absolute atomic E-state index is 14.2. The summed E-state index contributed by atoms with van der Waals surface area (Å²) in [7, 11) is 0. The average Bonchev–Trinajstić information content (AvgIpc) is 2.73. The van der Waals surface area contributed by atoms with E-state index in [0.29, 0.717) is 10.7 Å². The van der Waals surface area contributed by atoms with Crippen molar-refractivity contribution in [3.8, 4) is 11.8 Å². The lowest BCUT2D eigenvalue weighted by Gasteiger charge is -2.13. The summed E-state index contributed by atoms with van der Waals surface area (Å²) < 4.78 is 63.3. The number of nitriles is 1. The lowest BCUT2D eigenvalue weighted by atomic mass is 10.2. The number of hydrogen-bond donors (Lipinski definition) is 1. The van der Waals surface area contributed by atoms with Gasteiger partial charge >= 0.3 is 10.1 Å². The molecule has 1 aromatic heterocycles. The molecule has 0 aliphatic carbocycles. The van der Waals surface area contributed by atoms with Crippen LogP contribution < -0.4 is 5.73 Å². The van der Waals surface area contributed by atoms with Gasteiger partial charge in [-0.3, -0.25) is 0 Å². The molecule has 0 aliphatic heterocycles. The predicted molar refractivity (Wildman–Crippen MR) is 84.1 cm³/mol. The summed E-state index contributed by atoms with van der Waals surface area (Å²) in [5.74, 6) is -1.89. The molecular formula is C12H4Cl3F5N4S. The SMILES string of the molecule is N#Cc1nn(-c2c(F)cc(C(F)(F)F)cc2Cl)c(N)c1SC(F)(Cl)Cl. The first-order chi connectivity index (χ1) is 11.3. The van der Waals surface area contributed by atoms with Gasteiger partial charge < -0.3 is 5.73 Å². The van der Waals surface area contributed by atoms with Gasteiger partial charge in [0, 0.05) is 0 Å². The van der Waals surface area contributed by atoms with Crippen molar-refractivity contribution in [2.24, 2.45) is 0 Å². The van der Waals surface area contributed by atoms with Crippen molar-refractivity contribution in [2.75, 3.05) is 5.73 Å². The Morgan fingerprint density at radius 2 is 1.84 bits per heavy atom. The summed E-state index contributed by atoms with van der Waals surface area (Å²) in [5.41, 5.74) is 3.23. The minimum Gasteiger partial charge on any atom is -0.383 e. The highest BCUT2D eigenvalue weighted by molar-refractivity contribution is 8.03. The number of thioether (sulfide) groups is 1. The summed E-state index contributed by atoms with van der Waals surface area (Å²) in [6.07, 6.45) is -4.83. The molecule has 1 aromatic carbocycles. The molecule has 0 saturated heterocycles. The molecule has 2 rings (SSSR count). The van der Waals surface area contributed by atoms with Crippen molar-refractivity contribution < 1.29 is 22.0 Å². The topological polar surface area (TPSA) is 67.6 Å². The number of anilines is 1. The van der Waals surface area contributed by atoms with Gasteiger partial charge in [0.05, 0.1) is 15.5 Å². The van der Waals surface area contributed by atoms with Gasteiger partial charge in [0.15, 0.2) is 11.5 Å². The summed E-state index contributed by atoms with van der Waals surface area (Å²) in [5, 5.41) is 12.0. The number of halogens is 8. The highest BCUT2D eigenvalue weighted by Gasteiger charge is 2.34. The summed E-state index contributed by atoms with van der Waals surface area (Å²) in [6.45, 7) is 0. The molecule has 0 amide bonds. The van der Waals surface area contributed by atoms with E-state index in [1.54, 1.807) is 6.07 Å². The first kappa shape index (κ1) is 19.9. The van der Waals surface area contributed by atoms with E-state index in [2.05, 4.69) is 5.10 Å². The third-order valence-corrected chi connectivity index (χ3v) is 4.34. The molecule has 134 valence electrons. The van der Waals surface area contributed by atoms with Crippen molar-refractivity contribution in [1.82, 2.24) is 9.78 Å². The van der Waals surface area contributed by atoms with Crippen LogP contribution in [0.1, 0.15) is 11.3 Å². The Labute approximate surface area is 156 Å². The van der Waals surface area contributed by atoms with Crippen molar-refractivity contribution in [3.63, 3.8) is 0 Å². The zero-order valence-corrected chi connectivity index (χ0v) is 14.6. The molecule has 0 unspecified atom stereocenters. The van der Waals surface area contributed by atoms with Crippen LogP contribution in [0.4, 0.5) is 27.8 Å². The van der Waals surface area contributed by atoms with Crippen LogP contribution in [-0.4, -0.2) is 13.7 Å². The minimum atomic E-state index is -4.83. The first-order valence-electron chi connectivity index (χ1n) is 5.96. The lowest BCUT2D eigenvalue weighted by Crippen LogP contribution is -2.10. The molecule has 2 aromatic rings. The second-order valence-corrected chi connectivity index (χ2v) is 7.69. The van der Waals surface area contributed by atoms with Crippen molar-refractivity contribution in [1.29, 1.82) is 5.26 Å². The second kappa shape index (κ2) is 6.72. The quantitative estimate of drug-likeness (QED) is 0.403. The van der Waals surface area contributed by atoms with Crippen LogP contribution in [0.25, 0.3) is 5.69 Å². The lowest BCUT2D eigenvalue weighted by molar-refractivity contribution is -0.137. The van der Waals surface area contributed by atoms with Gasteiger partial charge in [-0.05, 0) is 23.9 Å². The smallest absolute Gasteiger partial charge is 0.383 e. The maximum Gasteiger partial charge on any atom is 0.416 e. The maximum atomic E-state index is 14.2. The number of aromatic nitrogens is 2. The van der Waals surface area contributed by atoms with Gasteiger partial charge in [-0.15, -0.1) is 0 Å². The molecule has 13 heteroatoms. The number of hydrogen-bond acceptors (Lipinski definition) is 4. The highest BCUT2D eigenvalue weighted by Crippen LogP contribution is 2.46. The molecule has 0 fully saturated rings. The molecule has 25 heavy (non-hydrogen) atoms. The molecule has 1 heterocycles. The van der Waals surface area contributed by atoms with E-state index in [9.17, 15) is 22.0 Å². The Bertz CT molecular complexity index is 846. The van der Waals surface area contributed by atoms with Gasteiger partial charge in [-0.25, -0.2) is 9.07 Å². The Morgan fingerprint density at radius 1 is 1.24 bits per heavy atom. The third-order valence-electron chi connectivity index (χ3n) is 2.76. The Morgan fingerprint density at radius 3 is 2.28 bits per heavy atom. The summed E-state index contributed by atoms with van der Waals surface area (Å²) in [6, 6.07) is 2.21. The Kier molecular flexibility index (Phi) is 5.35. The highest BCUT2D eigenvalue weighted by atomic mass is 35.5. The fraction of sp³-hybridized carbons (Fsp3) is 0.167. The zero-order valence-electron chi connectivity index (χ0n) is 11.5. The van der Waals surface area contributed by atoms with Gasteiger partial charge in [0.1, 0.15) is 17.6 Å².